The van der Waals surface area contributed by atoms with Crippen molar-refractivity contribution in [3.63, 3.8) is 0 Å². The highest BCUT2D eigenvalue weighted by Crippen LogP contribution is 2.04. The number of guanidine groups is 1. The van der Waals surface area contributed by atoms with Crippen LogP contribution in [-0.4, -0.2) is 53.5 Å². The van der Waals surface area contributed by atoms with Crippen LogP contribution in [0.3, 0.4) is 0 Å². The van der Waals surface area contributed by atoms with Crippen molar-refractivity contribution in [2.45, 2.75) is 44.3 Å². The van der Waals surface area contributed by atoms with Crippen molar-refractivity contribution in [2.75, 3.05) is 6.54 Å². The molecule has 1 rings (SSSR count). The minimum atomic E-state index is -1.16. The standard InChI is InChI=1S/C18H28N6O4/c1-11(23-16(26)13(19)8-5-9-22-18(20)21)15(25)24-14(17(27)28)10-12-6-3-2-4-7-12/h2-4,6-7,11,13-14H,5,8-10,19H2,1H3,(H,23,26)(H,24,25)(H,27,28)(H4,20,21,22)/t11-,13-,14-/m0/s1. The van der Waals surface area contributed by atoms with Crippen LogP contribution in [-0.2, 0) is 20.8 Å². The molecule has 0 bridgehead atoms. The largest absolute Gasteiger partial charge is 0.480 e. The number of hydrogen-bond acceptors (Lipinski definition) is 5. The van der Waals surface area contributed by atoms with E-state index in [1.807, 2.05) is 6.07 Å². The fourth-order valence-corrected chi connectivity index (χ4v) is 2.41. The van der Waals surface area contributed by atoms with Crippen LogP contribution in [0, 0.1) is 5.41 Å². The van der Waals surface area contributed by atoms with Gasteiger partial charge in [0.05, 0.1) is 6.04 Å². The molecule has 9 N–H and O–H groups in total. The van der Waals surface area contributed by atoms with E-state index in [0.717, 1.165) is 5.56 Å². The Bertz CT molecular complexity index is 682. The number of nitrogens with one attached hydrogen (secondary N) is 4. The first-order valence-corrected chi connectivity index (χ1v) is 8.91. The summed E-state index contributed by atoms with van der Waals surface area (Å²) in [4.78, 5) is 35.8. The highest BCUT2D eigenvalue weighted by atomic mass is 16.4. The molecule has 10 nitrogen and oxygen atoms in total. The number of hydrogen-bond donors (Lipinski definition) is 7. The maximum atomic E-state index is 12.3. The van der Waals surface area contributed by atoms with Crippen LogP contribution in [0.4, 0.5) is 0 Å². The van der Waals surface area contributed by atoms with E-state index in [2.05, 4.69) is 16.0 Å². The molecule has 10 heteroatoms. The van der Waals surface area contributed by atoms with Gasteiger partial charge in [-0.05, 0) is 25.3 Å². The molecule has 28 heavy (non-hydrogen) atoms. The topological polar surface area (TPSA) is 183 Å². The Morgan fingerprint density at radius 2 is 1.79 bits per heavy atom. The normalized spacial score (nSPS) is 13.6. The maximum Gasteiger partial charge on any atom is 0.326 e. The summed E-state index contributed by atoms with van der Waals surface area (Å²) in [6, 6.07) is 6.05. The average molecular weight is 392 g/mol. The molecule has 0 spiro atoms. The van der Waals surface area contributed by atoms with Gasteiger partial charge in [-0.1, -0.05) is 30.3 Å². The Balaban J connectivity index is 2.49. The minimum Gasteiger partial charge on any atom is -0.480 e. The lowest BCUT2D eigenvalue weighted by Gasteiger charge is -2.20. The molecule has 0 saturated heterocycles. The highest BCUT2D eigenvalue weighted by Gasteiger charge is 2.25. The van der Waals surface area contributed by atoms with Crippen molar-refractivity contribution in [1.82, 2.24) is 16.0 Å². The zero-order valence-electron chi connectivity index (χ0n) is 15.8. The van der Waals surface area contributed by atoms with Crippen molar-refractivity contribution in [1.29, 1.82) is 5.41 Å². The Labute approximate surface area is 163 Å². The first-order valence-electron chi connectivity index (χ1n) is 8.91. The molecule has 0 aromatic heterocycles. The van der Waals surface area contributed by atoms with Gasteiger partial charge in [-0.15, -0.1) is 0 Å². The molecule has 0 aliphatic rings. The van der Waals surface area contributed by atoms with E-state index in [1.165, 1.54) is 6.92 Å². The van der Waals surface area contributed by atoms with E-state index < -0.39 is 35.9 Å². The predicted octanol–water partition coefficient (Wildman–Crippen LogP) is -1.11. The number of aliphatic carboxylic acids is 1. The van der Waals surface area contributed by atoms with Crippen LogP contribution in [0.25, 0.3) is 0 Å². The second kappa shape index (κ2) is 11.5. The molecular weight excluding hydrogens is 364 g/mol. The van der Waals surface area contributed by atoms with E-state index in [9.17, 15) is 19.5 Å². The molecule has 154 valence electrons. The van der Waals surface area contributed by atoms with Crippen LogP contribution in [0.2, 0.25) is 0 Å². The summed E-state index contributed by atoms with van der Waals surface area (Å²) in [5.41, 5.74) is 11.7. The lowest BCUT2D eigenvalue weighted by molar-refractivity contribution is -0.142. The van der Waals surface area contributed by atoms with Gasteiger partial charge in [-0.25, -0.2) is 4.79 Å². The number of benzene rings is 1. The van der Waals surface area contributed by atoms with Crippen molar-refractivity contribution in [3.8, 4) is 0 Å². The monoisotopic (exact) mass is 392 g/mol. The number of amides is 2. The van der Waals surface area contributed by atoms with Gasteiger partial charge < -0.3 is 32.5 Å². The summed E-state index contributed by atoms with van der Waals surface area (Å²) in [5.74, 6) is -2.44. The fourth-order valence-electron chi connectivity index (χ4n) is 2.41. The van der Waals surface area contributed by atoms with E-state index in [4.69, 9.17) is 16.9 Å². The molecule has 1 aromatic rings. The Hall–Kier alpha value is -3.14. The molecule has 0 heterocycles. The van der Waals surface area contributed by atoms with E-state index in [1.54, 1.807) is 24.3 Å². The van der Waals surface area contributed by atoms with Crippen molar-refractivity contribution >= 4 is 23.7 Å². The Morgan fingerprint density at radius 3 is 2.36 bits per heavy atom. The number of carbonyl (C=O) groups is 3. The van der Waals surface area contributed by atoms with Gasteiger partial charge in [0.15, 0.2) is 5.96 Å². The zero-order chi connectivity index (χ0) is 21.1. The average Bonchev–Trinajstić information content (AvgIpc) is 2.64. The fraction of sp³-hybridized carbons (Fsp3) is 0.444. The van der Waals surface area contributed by atoms with Crippen LogP contribution in [0.15, 0.2) is 30.3 Å². The molecule has 0 aliphatic heterocycles. The summed E-state index contributed by atoms with van der Waals surface area (Å²) in [6.07, 6.45) is 0.990. The summed E-state index contributed by atoms with van der Waals surface area (Å²) < 4.78 is 0. The predicted molar refractivity (Wildman–Crippen MR) is 104 cm³/mol. The summed E-state index contributed by atoms with van der Waals surface area (Å²) in [6.45, 7) is 1.87. The van der Waals surface area contributed by atoms with E-state index >= 15 is 0 Å². The Morgan fingerprint density at radius 1 is 1.14 bits per heavy atom. The molecule has 3 atom stereocenters. The van der Waals surface area contributed by atoms with Crippen LogP contribution < -0.4 is 27.4 Å². The second-order valence-corrected chi connectivity index (χ2v) is 6.41. The number of carbonyl (C=O) groups excluding carboxylic acids is 2. The SMILES string of the molecule is C[C@H](NC(=O)[C@@H](N)CCCNC(=N)N)C(=O)N[C@@H](Cc1ccccc1)C(=O)O. The lowest BCUT2D eigenvalue weighted by atomic mass is 10.1. The third-order valence-electron chi connectivity index (χ3n) is 3.99. The van der Waals surface area contributed by atoms with Gasteiger partial charge in [-0.3, -0.25) is 15.0 Å². The third kappa shape index (κ3) is 8.49. The summed E-state index contributed by atoms with van der Waals surface area (Å²) in [7, 11) is 0. The van der Waals surface area contributed by atoms with Gasteiger partial charge in [0.2, 0.25) is 11.8 Å². The van der Waals surface area contributed by atoms with Crippen LogP contribution in [0.1, 0.15) is 25.3 Å². The molecule has 0 radical (unpaired) electrons. The molecule has 1 aromatic carbocycles. The maximum absolute atomic E-state index is 12.3. The number of carboxylic acid groups (broad SMARTS) is 1. The molecule has 0 fully saturated rings. The second-order valence-electron chi connectivity index (χ2n) is 6.41. The summed E-state index contributed by atoms with van der Waals surface area (Å²) >= 11 is 0. The molecular formula is C18H28N6O4. The molecule has 0 aliphatic carbocycles. The minimum absolute atomic E-state index is 0.130. The van der Waals surface area contributed by atoms with Gasteiger partial charge >= 0.3 is 5.97 Å². The highest BCUT2D eigenvalue weighted by molar-refractivity contribution is 5.91. The zero-order valence-corrected chi connectivity index (χ0v) is 15.8. The first kappa shape index (κ1) is 22.9. The van der Waals surface area contributed by atoms with Gasteiger partial charge in [0.1, 0.15) is 12.1 Å². The van der Waals surface area contributed by atoms with Gasteiger partial charge in [0, 0.05) is 13.0 Å². The number of carboxylic acids is 1. The van der Waals surface area contributed by atoms with E-state index in [-0.39, 0.29) is 12.4 Å². The van der Waals surface area contributed by atoms with Gasteiger partial charge in [0.25, 0.3) is 0 Å². The van der Waals surface area contributed by atoms with Crippen molar-refractivity contribution < 1.29 is 19.5 Å². The molecule has 0 saturated carbocycles. The first-order chi connectivity index (χ1) is 13.2. The number of rotatable bonds is 11. The smallest absolute Gasteiger partial charge is 0.326 e. The van der Waals surface area contributed by atoms with Gasteiger partial charge in [-0.2, -0.15) is 0 Å². The quantitative estimate of drug-likeness (QED) is 0.141. The Kier molecular flexibility index (Phi) is 9.44. The number of nitrogens with two attached hydrogens (primary N) is 2. The third-order valence-corrected chi connectivity index (χ3v) is 3.99. The molecule has 2 amide bonds. The molecule has 0 unspecified atom stereocenters. The van der Waals surface area contributed by atoms with E-state index in [0.29, 0.717) is 19.4 Å². The summed E-state index contributed by atoms with van der Waals surface area (Å²) in [5, 5.41) is 23.9. The lowest BCUT2D eigenvalue weighted by Crippen LogP contribution is -2.53. The van der Waals surface area contributed by atoms with Crippen molar-refractivity contribution in [2.24, 2.45) is 11.5 Å². The van der Waals surface area contributed by atoms with Crippen LogP contribution >= 0.6 is 0 Å². The van der Waals surface area contributed by atoms with Crippen molar-refractivity contribution in [3.05, 3.63) is 35.9 Å². The van der Waals surface area contributed by atoms with Crippen LogP contribution in [0.5, 0.6) is 0 Å².